The Kier molecular flexibility index (Phi) is 5.03. The average molecular weight is 275 g/mol. The molecule has 0 aliphatic carbocycles. The zero-order valence-corrected chi connectivity index (χ0v) is 11.2. The van der Waals surface area contributed by atoms with Crippen LogP contribution in [-0.2, 0) is 9.47 Å². The van der Waals surface area contributed by atoms with Crippen LogP contribution in [0.5, 0.6) is 0 Å². The van der Waals surface area contributed by atoms with Gasteiger partial charge in [0.2, 0.25) is 0 Å². The topological polar surface area (TPSA) is 55.8 Å². The number of amides is 2. The molecule has 0 atom stereocenters. The highest BCUT2D eigenvalue weighted by molar-refractivity contribution is 6.21. The summed E-state index contributed by atoms with van der Waals surface area (Å²) >= 11 is 0. The monoisotopic (exact) mass is 275 g/mol. The molecule has 5 heteroatoms. The maximum absolute atomic E-state index is 12.0. The van der Waals surface area contributed by atoms with E-state index in [0.29, 0.717) is 37.6 Å². The van der Waals surface area contributed by atoms with Crippen LogP contribution in [0.2, 0.25) is 0 Å². The minimum absolute atomic E-state index is 0.253. The van der Waals surface area contributed by atoms with Crippen molar-refractivity contribution < 1.29 is 19.1 Å². The zero-order valence-electron chi connectivity index (χ0n) is 11.2. The number of ether oxygens (including phenoxy) is 2. The fourth-order valence-electron chi connectivity index (χ4n) is 1.98. The molecule has 20 heavy (non-hydrogen) atoms. The third kappa shape index (κ3) is 3.12. The number of nitrogens with zero attached hydrogens (tertiary/aromatic N) is 1. The molecule has 0 N–H and O–H groups in total. The Hall–Kier alpha value is -1.98. The van der Waals surface area contributed by atoms with Crippen molar-refractivity contribution in [2.24, 2.45) is 0 Å². The summed E-state index contributed by atoms with van der Waals surface area (Å²) in [7, 11) is 0. The fraction of sp³-hybridized carbons (Fsp3) is 0.333. The molecule has 106 valence electrons. The number of carbonyl (C=O) groups excluding carboxylic acids is 2. The summed E-state index contributed by atoms with van der Waals surface area (Å²) in [5.74, 6) is -0.505. The molecule has 0 unspecified atom stereocenters. The van der Waals surface area contributed by atoms with Gasteiger partial charge in [-0.05, 0) is 12.1 Å². The summed E-state index contributed by atoms with van der Waals surface area (Å²) < 4.78 is 10.5. The van der Waals surface area contributed by atoms with E-state index < -0.39 is 0 Å². The second kappa shape index (κ2) is 6.98. The molecule has 1 aromatic rings. The van der Waals surface area contributed by atoms with Crippen molar-refractivity contribution in [2.45, 2.75) is 0 Å². The Morgan fingerprint density at radius 3 is 2.20 bits per heavy atom. The van der Waals surface area contributed by atoms with Crippen molar-refractivity contribution >= 4 is 11.8 Å². The second-order valence-electron chi connectivity index (χ2n) is 4.28. The van der Waals surface area contributed by atoms with Gasteiger partial charge in [-0.1, -0.05) is 18.2 Å². The number of hydrogen-bond donors (Lipinski definition) is 0. The number of rotatable bonds is 8. The highest BCUT2D eigenvalue weighted by atomic mass is 16.5. The van der Waals surface area contributed by atoms with Gasteiger partial charge in [-0.2, -0.15) is 0 Å². The van der Waals surface area contributed by atoms with Crippen LogP contribution >= 0.6 is 0 Å². The summed E-state index contributed by atoms with van der Waals surface area (Å²) in [6.45, 7) is 5.48. The summed E-state index contributed by atoms with van der Waals surface area (Å²) in [5.41, 5.74) is 0.929. The van der Waals surface area contributed by atoms with Crippen LogP contribution in [0.15, 0.2) is 36.9 Å². The number of fused-ring (bicyclic) bond motifs is 1. The van der Waals surface area contributed by atoms with Crippen molar-refractivity contribution in [2.75, 3.05) is 33.0 Å². The molecular weight excluding hydrogens is 258 g/mol. The van der Waals surface area contributed by atoms with E-state index in [4.69, 9.17) is 9.47 Å². The Bertz CT molecular complexity index is 477. The molecule has 0 saturated carbocycles. The molecule has 0 saturated heterocycles. The van der Waals surface area contributed by atoms with Crippen LogP contribution < -0.4 is 0 Å². The first-order chi connectivity index (χ1) is 9.75. The van der Waals surface area contributed by atoms with E-state index in [1.54, 1.807) is 30.3 Å². The van der Waals surface area contributed by atoms with E-state index in [1.165, 1.54) is 4.90 Å². The first-order valence-electron chi connectivity index (χ1n) is 6.47. The summed E-state index contributed by atoms with van der Waals surface area (Å²) in [5, 5.41) is 0. The zero-order chi connectivity index (χ0) is 14.4. The van der Waals surface area contributed by atoms with E-state index in [1.807, 2.05) is 0 Å². The molecule has 5 nitrogen and oxygen atoms in total. The smallest absolute Gasteiger partial charge is 0.261 e. The Morgan fingerprint density at radius 1 is 1.00 bits per heavy atom. The number of carbonyl (C=O) groups is 2. The van der Waals surface area contributed by atoms with Crippen LogP contribution in [0.4, 0.5) is 0 Å². The van der Waals surface area contributed by atoms with Gasteiger partial charge >= 0.3 is 0 Å². The lowest BCUT2D eigenvalue weighted by atomic mass is 10.1. The molecule has 0 bridgehead atoms. The largest absolute Gasteiger partial charge is 0.377 e. The number of hydrogen-bond acceptors (Lipinski definition) is 4. The van der Waals surface area contributed by atoms with Gasteiger partial charge < -0.3 is 9.47 Å². The Labute approximate surface area is 117 Å². The highest BCUT2D eigenvalue weighted by Crippen LogP contribution is 2.21. The Morgan fingerprint density at radius 2 is 1.60 bits per heavy atom. The van der Waals surface area contributed by atoms with Crippen molar-refractivity contribution in [3.05, 3.63) is 48.0 Å². The van der Waals surface area contributed by atoms with Gasteiger partial charge in [0.25, 0.3) is 11.8 Å². The van der Waals surface area contributed by atoms with E-state index in [9.17, 15) is 9.59 Å². The van der Waals surface area contributed by atoms with Gasteiger partial charge in [0.05, 0.1) is 44.1 Å². The maximum atomic E-state index is 12.0. The molecule has 0 spiro atoms. The summed E-state index contributed by atoms with van der Waals surface area (Å²) in [4.78, 5) is 25.3. The van der Waals surface area contributed by atoms with Gasteiger partial charge in [0, 0.05) is 0 Å². The van der Waals surface area contributed by atoms with E-state index in [0.717, 1.165) is 0 Å². The van der Waals surface area contributed by atoms with Crippen LogP contribution in [0.3, 0.4) is 0 Å². The fourth-order valence-corrected chi connectivity index (χ4v) is 1.98. The first kappa shape index (κ1) is 14.4. The van der Waals surface area contributed by atoms with Crippen molar-refractivity contribution in [1.82, 2.24) is 4.90 Å². The van der Waals surface area contributed by atoms with E-state index >= 15 is 0 Å². The molecule has 0 aromatic heterocycles. The summed E-state index contributed by atoms with van der Waals surface area (Å²) in [6, 6.07) is 6.83. The molecular formula is C15H17NO4. The molecule has 0 fully saturated rings. The lowest BCUT2D eigenvalue weighted by molar-refractivity contribution is 0.0411. The molecule has 2 amide bonds. The molecule has 1 aliphatic heterocycles. The normalized spacial score (nSPS) is 13.7. The number of imide groups is 1. The highest BCUT2D eigenvalue weighted by Gasteiger charge is 2.34. The minimum atomic E-state index is -0.253. The third-order valence-corrected chi connectivity index (χ3v) is 2.95. The minimum Gasteiger partial charge on any atom is -0.377 e. The lowest BCUT2D eigenvalue weighted by Crippen LogP contribution is -2.33. The summed E-state index contributed by atoms with van der Waals surface area (Å²) in [6.07, 6.45) is 1.67. The lowest BCUT2D eigenvalue weighted by Gasteiger charge is -2.13. The standard InChI is InChI=1S/C15H17NO4/c1-2-8-19-10-11-20-9-7-16-14(17)12-5-3-4-6-13(12)15(16)18/h2-6H,1,7-11H2. The van der Waals surface area contributed by atoms with Crippen molar-refractivity contribution in [3.63, 3.8) is 0 Å². The predicted octanol–water partition coefficient (Wildman–Crippen LogP) is 1.50. The van der Waals surface area contributed by atoms with Crippen molar-refractivity contribution in [3.8, 4) is 0 Å². The molecule has 1 heterocycles. The SMILES string of the molecule is C=CCOCCOCCN1C(=O)c2ccccc2C1=O. The van der Waals surface area contributed by atoms with Crippen LogP contribution in [-0.4, -0.2) is 49.7 Å². The molecule has 2 rings (SSSR count). The number of benzene rings is 1. The van der Waals surface area contributed by atoms with E-state index in [-0.39, 0.29) is 18.4 Å². The van der Waals surface area contributed by atoms with E-state index in [2.05, 4.69) is 6.58 Å². The first-order valence-corrected chi connectivity index (χ1v) is 6.47. The van der Waals surface area contributed by atoms with Gasteiger partial charge in [-0.3, -0.25) is 14.5 Å². The third-order valence-electron chi connectivity index (χ3n) is 2.95. The van der Waals surface area contributed by atoms with Crippen molar-refractivity contribution in [1.29, 1.82) is 0 Å². The Balaban J connectivity index is 1.77. The predicted molar refractivity (Wildman–Crippen MR) is 73.6 cm³/mol. The van der Waals surface area contributed by atoms with Gasteiger partial charge in [0.15, 0.2) is 0 Å². The van der Waals surface area contributed by atoms with Crippen LogP contribution in [0.1, 0.15) is 20.7 Å². The van der Waals surface area contributed by atoms with Gasteiger partial charge in [0.1, 0.15) is 0 Å². The molecule has 0 radical (unpaired) electrons. The maximum Gasteiger partial charge on any atom is 0.261 e. The van der Waals surface area contributed by atoms with Crippen LogP contribution in [0.25, 0.3) is 0 Å². The molecule has 1 aliphatic rings. The van der Waals surface area contributed by atoms with Gasteiger partial charge in [-0.15, -0.1) is 6.58 Å². The second-order valence-corrected chi connectivity index (χ2v) is 4.28. The average Bonchev–Trinajstić information content (AvgIpc) is 2.71. The van der Waals surface area contributed by atoms with Crippen LogP contribution in [0, 0.1) is 0 Å². The molecule has 1 aromatic carbocycles. The quantitative estimate of drug-likeness (QED) is 0.410. The van der Waals surface area contributed by atoms with Gasteiger partial charge in [-0.25, -0.2) is 0 Å².